The molecule has 2 atom stereocenters. The third kappa shape index (κ3) is 2.48. The van der Waals surface area contributed by atoms with E-state index in [0.717, 1.165) is 6.26 Å². The van der Waals surface area contributed by atoms with Crippen molar-refractivity contribution in [3.63, 3.8) is 0 Å². The summed E-state index contributed by atoms with van der Waals surface area (Å²) in [5.41, 5.74) is 6.44. The zero-order chi connectivity index (χ0) is 12.6. The molecule has 0 radical (unpaired) electrons. The Bertz CT molecular complexity index is 467. The van der Waals surface area contributed by atoms with Crippen LogP contribution in [0.15, 0.2) is 24.3 Å². The van der Waals surface area contributed by atoms with Gasteiger partial charge in [-0.2, -0.15) is 0 Å². The Kier molecular flexibility index (Phi) is 3.52. The molecule has 3 N–H and O–H groups in total. The third-order valence-corrected chi connectivity index (χ3v) is 5.19. The second kappa shape index (κ2) is 4.24. The Hall–Kier alpha value is -0.780. The van der Waals surface area contributed by atoms with Gasteiger partial charge in [0.1, 0.15) is 6.10 Å². The first-order chi connectivity index (χ1) is 7.16. The lowest BCUT2D eigenvalue weighted by Gasteiger charge is -2.26. The number of nitrogen functional groups attached to an aromatic ring is 1. The van der Waals surface area contributed by atoms with E-state index in [-0.39, 0.29) is 0 Å². The molecule has 0 aliphatic rings. The highest BCUT2D eigenvalue weighted by Crippen LogP contribution is 2.36. The molecule has 1 aromatic rings. The summed E-state index contributed by atoms with van der Waals surface area (Å²) in [5.74, 6) is 0. The Morgan fingerprint density at radius 2 is 1.81 bits per heavy atom. The zero-order valence-electron chi connectivity index (χ0n) is 9.01. The third-order valence-electron chi connectivity index (χ3n) is 2.47. The number of anilines is 1. The van der Waals surface area contributed by atoms with Crippen LogP contribution in [0, 0.1) is 0 Å². The van der Waals surface area contributed by atoms with Gasteiger partial charge in [-0.1, -0.05) is 23.7 Å². The first-order valence-electron chi connectivity index (χ1n) is 4.58. The average molecular weight is 264 g/mol. The van der Waals surface area contributed by atoms with Gasteiger partial charge >= 0.3 is 0 Å². The van der Waals surface area contributed by atoms with Crippen LogP contribution in [-0.2, 0) is 9.84 Å². The van der Waals surface area contributed by atoms with Crippen molar-refractivity contribution in [1.82, 2.24) is 0 Å². The average Bonchev–Trinajstić information content (AvgIpc) is 2.16. The number of sulfone groups is 1. The van der Waals surface area contributed by atoms with Crippen molar-refractivity contribution in [2.75, 3.05) is 12.0 Å². The molecule has 2 unspecified atom stereocenters. The van der Waals surface area contributed by atoms with Crippen LogP contribution in [0.5, 0.6) is 0 Å². The van der Waals surface area contributed by atoms with Gasteiger partial charge in [0.2, 0.25) is 0 Å². The van der Waals surface area contributed by atoms with Gasteiger partial charge in [-0.3, -0.25) is 0 Å². The van der Waals surface area contributed by atoms with Crippen molar-refractivity contribution < 1.29 is 13.5 Å². The fraction of sp³-hybridized carbons (Fsp3) is 0.400. The molecule has 0 fully saturated rings. The molecule has 1 aromatic carbocycles. The number of hydrogen-bond donors (Lipinski definition) is 2. The Morgan fingerprint density at radius 1 is 1.38 bits per heavy atom. The van der Waals surface area contributed by atoms with E-state index < -0.39 is 20.1 Å². The van der Waals surface area contributed by atoms with Crippen LogP contribution < -0.4 is 5.73 Å². The molecule has 6 heteroatoms. The van der Waals surface area contributed by atoms with Crippen LogP contribution in [-0.4, -0.2) is 24.0 Å². The van der Waals surface area contributed by atoms with E-state index in [9.17, 15) is 13.5 Å². The second-order valence-electron chi connectivity index (χ2n) is 3.83. The first kappa shape index (κ1) is 13.3. The van der Waals surface area contributed by atoms with Gasteiger partial charge in [-0.05, 0) is 24.6 Å². The molecule has 0 saturated carbocycles. The van der Waals surface area contributed by atoms with Crippen LogP contribution in [0.25, 0.3) is 0 Å². The van der Waals surface area contributed by atoms with Crippen LogP contribution in [0.3, 0.4) is 0 Å². The molecular formula is C10H14ClNO3S. The van der Waals surface area contributed by atoms with Crippen molar-refractivity contribution in [2.24, 2.45) is 0 Å². The lowest BCUT2D eigenvalue weighted by Crippen LogP contribution is -2.35. The quantitative estimate of drug-likeness (QED) is 0.636. The maximum absolute atomic E-state index is 11.4. The van der Waals surface area contributed by atoms with Gasteiger partial charge in [-0.25, -0.2) is 8.42 Å². The van der Waals surface area contributed by atoms with E-state index >= 15 is 0 Å². The molecule has 0 amide bonds. The van der Waals surface area contributed by atoms with Crippen LogP contribution in [0.1, 0.15) is 18.6 Å². The predicted octanol–water partition coefficient (Wildman–Crippen LogP) is 1.30. The fourth-order valence-corrected chi connectivity index (χ4v) is 1.85. The number of hydrogen-bond acceptors (Lipinski definition) is 4. The first-order valence-corrected chi connectivity index (χ1v) is 6.85. The summed E-state index contributed by atoms with van der Waals surface area (Å²) in [6.45, 7) is 1.27. The molecule has 0 aliphatic heterocycles. The Balaban J connectivity index is 3.12. The largest absolute Gasteiger partial charge is 0.399 e. The van der Waals surface area contributed by atoms with Gasteiger partial charge in [0.25, 0.3) is 0 Å². The van der Waals surface area contributed by atoms with Crippen molar-refractivity contribution in [3.8, 4) is 0 Å². The number of halogens is 1. The molecule has 0 spiro atoms. The fourth-order valence-electron chi connectivity index (χ4n) is 1.18. The van der Waals surface area contributed by atoms with E-state index in [2.05, 4.69) is 0 Å². The second-order valence-corrected chi connectivity index (χ2v) is 7.23. The summed E-state index contributed by atoms with van der Waals surface area (Å²) in [5, 5.41) is 9.92. The molecule has 4 nitrogen and oxygen atoms in total. The Morgan fingerprint density at radius 3 is 2.19 bits per heavy atom. The number of aliphatic hydroxyl groups excluding tert-OH is 1. The van der Waals surface area contributed by atoms with Gasteiger partial charge < -0.3 is 10.8 Å². The van der Waals surface area contributed by atoms with Crippen molar-refractivity contribution in [2.45, 2.75) is 17.2 Å². The highest BCUT2D eigenvalue weighted by molar-refractivity contribution is 7.93. The normalized spacial score (nSPS) is 17.8. The monoisotopic (exact) mass is 263 g/mol. The summed E-state index contributed by atoms with van der Waals surface area (Å²) in [4.78, 5) is 0. The summed E-state index contributed by atoms with van der Waals surface area (Å²) in [6, 6.07) is 6.25. The molecule has 0 aliphatic carbocycles. The SMILES string of the molecule is CC(Cl)(C(O)c1ccc(N)cc1)S(C)(=O)=O. The highest BCUT2D eigenvalue weighted by Gasteiger charge is 2.41. The highest BCUT2D eigenvalue weighted by atomic mass is 35.5. The molecule has 0 aromatic heterocycles. The van der Waals surface area contributed by atoms with Crippen molar-refractivity contribution in [3.05, 3.63) is 29.8 Å². The van der Waals surface area contributed by atoms with E-state index in [1.807, 2.05) is 0 Å². The summed E-state index contributed by atoms with van der Waals surface area (Å²) in [7, 11) is -3.58. The Labute approximate surface area is 100.0 Å². The summed E-state index contributed by atoms with van der Waals surface area (Å²) in [6.07, 6.45) is -0.315. The summed E-state index contributed by atoms with van der Waals surface area (Å²) >= 11 is 5.87. The van der Waals surface area contributed by atoms with E-state index in [0.29, 0.717) is 11.3 Å². The lowest BCUT2D eigenvalue weighted by atomic mass is 10.1. The zero-order valence-corrected chi connectivity index (χ0v) is 10.6. The molecule has 0 bridgehead atoms. The molecular weight excluding hydrogens is 250 g/mol. The molecule has 1 rings (SSSR count). The predicted molar refractivity (Wildman–Crippen MR) is 64.9 cm³/mol. The standard InChI is InChI=1S/C10H14ClNO3S/c1-10(11,16(2,14)15)9(13)7-3-5-8(12)6-4-7/h3-6,9,13H,12H2,1-2H3. The van der Waals surface area contributed by atoms with Crippen molar-refractivity contribution >= 4 is 27.1 Å². The number of alkyl halides is 1. The molecule has 0 saturated heterocycles. The van der Waals surface area contributed by atoms with Gasteiger partial charge in [0.05, 0.1) is 0 Å². The molecule has 16 heavy (non-hydrogen) atoms. The number of nitrogens with two attached hydrogens (primary N) is 1. The van der Waals surface area contributed by atoms with Gasteiger partial charge in [-0.15, -0.1) is 0 Å². The van der Waals surface area contributed by atoms with Crippen molar-refractivity contribution in [1.29, 1.82) is 0 Å². The number of aliphatic hydroxyl groups is 1. The molecule has 90 valence electrons. The maximum atomic E-state index is 11.4. The van der Waals surface area contributed by atoms with Crippen LogP contribution in [0.2, 0.25) is 0 Å². The number of rotatable bonds is 3. The van der Waals surface area contributed by atoms with Gasteiger partial charge in [0, 0.05) is 11.9 Å². The van der Waals surface area contributed by atoms with Gasteiger partial charge in [0.15, 0.2) is 14.0 Å². The topological polar surface area (TPSA) is 80.4 Å². The minimum atomic E-state index is -3.58. The van der Waals surface area contributed by atoms with Crippen LogP contribution in [0.4, 0.5) is 5.69 Å². The minimum Gasteiger partial charge on any atom is -0.399 e. The summed E-state index contributed by atoms with van der Waals surface area (Å²) < 4.78 is 21.1. The number of benzene rings is 1. The van der Waals surface area contributed by atoms with Crippen LogP contribution >= 0.6 is 11.6 Å². The van der Waals surface area contributed by atoms with E-state index in [1.54, 1.807) is 24.3 Å². The maximum Gasteiger partial charge on any atom is 0.172 e. The lowest BCUT2D eigenvalue weighted by molar-refractivity contribution is 0.163. The van der Waals surface area contributed by atoms with E-state index in [1.165, 1.54) is 6.92 Å². The minimum absolute atomic E-state index is 0.414. The molecule has 0 heterocycles. The smallest absolute Gasteiger partial charge is 0.172 e. The van der Waals surface area contributed by atoms with E-state index in [4.69, 9.17) is 17.3 Å².